The van der Waals surface area contributed by atoms with Gasteiger partial charge in [0.05, 0.1) is 40.3 Å². The van der Waals surface area contributed by atoms with Crippen molar-refractivity contribution in [2.75, 3.05) is 41.0 Å². The smallest absolute Gasteiger partial charge is 0.306 e. The maximum atomic E-state index is 12.7. The number of allylic oxidation sites excluding steroid dienone is 4. The second kappa shape index (κ2) is 41.5. The van der Waals surface area contributed by atoms with Crippen LogP contribution in [0.1, 0.15) is 226 Å². The van der Waals surface area contributed by atoms with Crippen molar-refractivity contribution in [3.8, 4) is 0 Å². The minimum atomic E-state index is -1.13. The second-order valence-corrected chi connectivity index (χ2v) is 17.7. The third-order valence-corrected chi connectivity index (χ3v) is 11.1. The monoisotopic (exact) mass is 820 g/mol. The van der Waals surface area contributed by atoms with Crippen LogP contribution in [0.3, 0.4) is 0 Å². The van der Waals surface area contributed by atoms with Crippen molar-refractivity contribution in [1.29, 1.82) is 0 Å². The number of unbranched alkanes of at least 4 members (excludes halogenated alkanes) is 26. The first-order chi connectivity index (χ1) is 28.1. The van der Waals surface area contributed by atoms with Gasteiger partial charge in [-0.15, -0.1) is 0 Å². The molecule has 0 saturated heterocycles. The van der Waals surface area contributed by atoms with E-state index in [0.717, 1.165) is 51.4 Å². The van der Waals surface area contributed by atoms with Crippen molar-refractivity contribution in [2.24, 2.45) is 0 Å². The van der Waals surface area contributed by atoms with Crippen LogP contribution in [-0.2, 0) is 28.6 Å². The Balaban J connectivity index is 4.26. The number of esters is 2. The van der Waals surface area contributed by atoms with E-state index in [1.165, 1.54) is 141 Å². The molecule has 0 saturated carbocycles. The number of aliphatic carboxylic acids is 1. The topological polar surface area (TPSA) is 102 Å². The number of carbonyl (C=O) groups is 3. The Morgan fingerprint density at radius 3 is 1.26 bits per heavy atom. The first kappa shape index (κ1) is 55.8. The van der Waals surface area contributed by atoms with Crippen LogP contribution < -0.4 is 5.11 Å². The Hall–Kier alpha value is -2.19. The number of quaternary nitrogens is 1. The van der Waals surface area contributed by atoms with E-state index in [-0.39, 0.29) is 42.7 Å². The van der Waals surface area contributed by atoms with Gasteiger partial charge in [-0.3, -0.25) is 9.59 Å². The van der Waals surface area contributed by atoms with Gasteiger partial charge < -0.3 is 28.6 Å². The number of nitrogens with zero attached hydrogens (tertiary/aromatic N) is 1. The number of carboxylic acid groups (broad SMARTS) is 1. The summed E-state index contributed by atoms with van der Waals surface area (Å²) < 4.78 is 17.2. The van der Waals surface area contributed by atoms with E-state index in [1.54, 1.807) is 21.1 Å². The summed E-state index contributed by atoms with van der Waals surface area (Å²) in [5.41, 5.74) is 0. The van der Waals surface area contributed by atoms with E-state index in [9.17, 15) is 19.5 Å². The zero-order valence-electron chi connectivity index (χ0n) is 38.7. The van der Waals surface area contributed by atoms with Crippen LogP contribution in [0.15, 0.2) is 24.3 Å². The van der Waals surface area contributed by atoms with Gasteiger partial charge in [0.2, 0.25) is 0 Å². The molecule has 0 amide bonds. The first-order valence-electron chi connectivity index (χ1n) is 24.4. The van der Waals surface area contributed by atoms with Gasteiger partial charge in [0, 0.05) is 19.3 Å². The summed E-state index contributed by atoms with van der Waals surface area (Å²) >= 11 is 0. The van der Waals surface area contributed by atoms with Crippen LogP contribution in [-0.4, -0.2) is 75.5 Å². The fraction of sp³-hybridized carbons (Fsp3) is 0.860. The number of hydrogen-bond donors (Lipinski definition) is 0. The van der Waals surface area contributed by atoms with Gasteiger partial charge in [0.1, 0.15) is 12.6 Å². The quantitative estimate of drug-likeness (QED) is 0.0261. The molecule has 0 spiro atoms. The minimum Gasteiger partial charge on any atom is -0.544 e. The predicted octanol–water partition coefficient (Wildman–Crippen LogP) is 12.3. The van der Waals surface area contributed by atoms with Crippen LogP contribution in [0.25, 0.3) is 0 Å². The molecule has 0 aliphatic heterocycles. The van der Waals surface area contributed by atoms with Gasteiger partial charge in [-0.05, 0) is 64.2 Å². The molecule has 0 aromatic heterocycles. The fourth-order valence-electron chi connectivity index (χ4n) is 7.24. The van der Waals surface area contributed by atoms with Gasteiger partial charge in [0.15, 0.2) is 6.10 Å². The molecule has 0 aromatic carbocycles. The standard InChI is InChI=1S/C50H93NO7/c1-6-8-10-12-14-16-18-20-22-23-24-25-26-27-29-30-32-34-36-38-40-48(52)57-45-46(44-56-43-42-47(50(54)55)51(3,4)5)58-49(53)41-39-37-35-33-31-28-21-19-17-15-13-11-9-7-2/h24-25,28,31,46-47H,6-23,26-27,29-30,32-45H2,1-5H3/b25-24+,31-28+. The lowest BCUT2D eigenvalue weighted by atomic mass is 10.1. The Morgan fingerprint density at radius 1 is 0.500 bits per heavy atom. The Bertz CT molecular complexity index is 1000. The lowest BCUT2D eigenvalue weighted by Gasteiger charge is -2.34. The number of carboxylic acids is 1. The average Bonchev–Trinajstić information content (AvgIpc) is 3.18. The summed E-state index contributed by atoms with van der Waals surface area (Å²) in [7, 11) is 5.41. The van der Waals surface area contributed by atoms with E-state index in [1.807, 2.05) is 0 Å². The van der Waals surface area contributed by atoms with E-state index < -0.39 is 18.1 Å². The third kappa shape index (κ3) is 39.3. The van der Waals surface area contributed by atoms with Crippen LogP contribution >= 0.6 is 0 Å². The van der Waals surface area contributed by atoms with Gasteiger partial charge in [-0.2, -0.15) is 0 Å². The molecule has 2 unspecified atom stereocenters. The van der Waals surface area contributed by atoms with Gasteiger partial charge in [-0.25, -0.2) is 0 Å². The number of carbonyl (C=O) groups excluding carboxylic acids is 3. The van der Waals surface area contributed by atoms with Crippen molar-refractivity contribution < 1.29 is 38.2 Å². The molecule has 8 heteroatoms. The zero-order chi connectivity index (χ0) is 42.8. The van der Waals surface area contributed by atoms with E-state index in [0.29, 0.717) is 12.8 Å². The summed E-state index contributed by atoms with van der Waals surface area (Å²) in [5, 5.41) is 11.6. The SMILES string of the molecule is CCCCCCCCC/C=C/CCCCCC(=O)OC(COCCC(C(=O)[O-])[N+](C)(C)C)COC(=O)CCCCCCCCC/C=C/CCCCCCCCCCC. The lowest BCUT2D eigenvalue weighted by Crippen LogP contribution is -2.55. The molecule has 0 aromatic rings. The van der Waals surface area contributed by atoms with Crippen LogP contribution in [0.2, 0.25) is 0 Å². The summed E-state index contributed by atoms with van der Waals surface area (Å²) in [4.78, 5) is 36.9. The number of likely N-dealkylation sites (N-methyl/N-ethyl adjacent to an activating group) is 1. The summed E-state index contributed by atoms with van der Waals surface area (Å²) in [6.07, 6.45) is 46.3. The molecule has 0 fully saturated rings. The molecular formula is C50H93NO7. The highest BCUT2D eigenvalue weighted by Gasteiger charge is 2.25. The maximum absolute atomic E-state index is 12.7. The van der Waals surface area contributed by atoms with Gasteiger partial charge in [-0.1, -0.05) is 167 Å². The average molecular weight is 820 g/mol. The van der Waals surface area contributed by atoms with Crippen LogP contribution in [0.5, 0.6) is 0 Å². The molecule has 340 valence electrons. The summed E-state index contributed by atoms with van der Waals surface area (Å²) in [5.74, 6) is -1.75. The normalized spacial score (nSPS) is 13.1. The van der Waals surface area contributed by atoms with Crippen molar-refractivity contribution in [3.63, 3.8) is 0 Å². The van der Waals surface area contributed by atoms with E-state index in [4.69, 9.17) is 14.2 Å². The Kier molecular flexibility index (Phi) is 40.0. The molecule has 0 heterocycles. The molecule has 58 heavy (non-hydrogen) atoms. The van der Waals surface area contributed by atoms with E-state index in [2.05, 4.69) is 38.2 Å². The molecule has 0 bridgehead atoms. The molecule has 0 radical (unpaired) electrons. The molecule has 0 aliphatic carbocycles. The number of rotatable bonds is 44. The third-order valence-electron chi connectivity index (χ3n) is 11.1. The maximum Gasteiger partial charge on any atom is 0.306 e. The van der Waals surface area contributed by atoms with Crippen LogP contribution in [0.4, 0.5) is 0 Å². The number of hydrogen-bond acceptors (Lipinski definition) is 7. The number of ether oxygens (including phenoxy) is 3. The molecule has 8 nitrogen and oxygen atoms in total. The van der Waals surface area contributed by atoms with Crippen molar-refractivity contribution in [3.05, 3.63) is 24.3 Å². The first-order valence-corrected chi connectivity index (χ1v) is 24.4. The highest BCUT2D eigenvalue weighted by molar-refractivity contribution is 5.70. The van der Waals surface area contributed by atoms with Gasteiger partial charge >= 0.3 is 11.9 Å². The van der Waals surface area contributed by atoms with E-state index >= 15 is 0 Å². The molecule has 0 rings (SSSR count). The second-order valence-electron chi connectivity index (χ2n) is 17.7. The molecule has 2 atom stereocenters. The fourth-order valence-corrected chi connectivity index (χ4v) is 7.24. The summed E-state index contributed by atoms with van der Waals surface area (Å²) in [6.45, 7) is 4.66. The highest BCUT2D eigenvalue weighted by Crippen LogP contribution is 2.15. The molecular weight excluding hydrogens is 727 g/mol. The van der Waals surface area contributed by atoms with Gasteiger partial charge in [0.25, 0.3) is 0 Å². The lowest BCUT2D eigenvalue weighted by molar-refractivity contribution is -0.889. The Morgan fingerprint density at radius 2 is 0.862 bits per heavy atom. The summed E-state index contributed by atoms with van der Waals surface area (Å²) in [6, 6.07) is -0.727. The zero-order valence-corrected chi connectivity index (χ0v) is 38.7. The Labute approximate surface area is 358 Å². The largest absolute Gasteiger partial charge is 0.544 e. The van der Waals surface area contributed by atoms with Crippen molar-refractivity contribution >= 4 is 17.9 Å². The predicted molar refractivity (Wildman–Crippen MR) is 240 cm³/mol. The molecule has 0 aliphatic rings. The van der Waals surface area contributed by atoms with Crippen molar-refractivity contribution in [2.45, 2.75) is 238 Å². The van der Waals surface area contributed by atoms with Crippen LogP contribution in [0, 0.1) is 0 Å². The van der Waals surface area contributed by atoms with Crippen molar-refractivity contribution in [1.82, 2.24) is 0 Å². The molecule has 0 N–H and O–H groups in total. The highest BCUT2D eigenvalue weighted by atomic mass is 16.6. The minimum absolute atomic E-state index is 0.0363.